The molecule has 1 aromatic rings. The molecule has 17 heavy (non-hydrogen) atoms. The Bertz CT molecular complexity index is 451. The fourth-order valence-corrected chi connectivity index (χ4v) is 1.46. The Hall–Kier alpha value is -1.63. The molecule has 4 N–H and O–H groups in total. The number of amides is 1. The van der Waals surface area contributed by atoms with Crippen LogP contribution in [0.2, 0.25) is 0 Å². The topological polar surface area (TPSA) is 87.7 Å². The van der Waals surface area contributed by atoms with Gasteiger partial charge in [0.15, 0.2) is 0 Å². The molecule has 0 saturated heterocycles. The van der Waals surface area contributed by atoms with Crippen LogP contribution in [0.4, 0.5) is 4.39 Å². The third kappa shape index (κ3) is 4.03. The second kappa shape index (κ2) is 6.19. The first-order chi connectivity index (χ1) is 8.04. The number of amidine groups is 1. The predicted octanol–water partition coefficient (Wildman–Crippen LogP) is 1.45. The molecule has 5 nitrogen and oxygen atoms in total. The van der Waals surface area contributed by atoms with Crippen LogP contribution in [0.5, 0.6) is 0 Å². The molecule has 0 unspecified atom stereocenters. The maximum Gasteiger partial charge on any atom is 0.254 e. The summed E-state index contributed by atoms with van der Waals surface area (Å²) in [7, 11) is 0. The molecule has 0 aliphatic heterocycles. The Labute approximate surface area is 106 Å². The lowest BCUT2D eigenvalue weighted by molar-refractivity contribution is 0.0950. The molecule has 7 heteroatoms. The van der Waals surface area contributed by atoms with Crippen LogP contribution < -0.4 is 11.1 Å². The highest BCUT2D eigenvalue weighted by atomic mass is 79.9. The standard InChI is InChI=1S/C10H11BrFN3O2/c11-6-1-2-7(8(12)5-6)10(16)14-4-3-9(13)15-17/h1-2,5,17H,3-4H2,(H2,13,15)(H,14,16). The van der Waals surface area contributed by atoms with Gasteiger partial charge < -0.3 is 16.3 Å². The minimum absolute atomic E-state index is 0.00146. The highest BCUT2D eigenvalue weighted by molar-refractivity contribution is 9.10. The van der Waals surface area contributed by atoms with Gasteiger partial charge >= 0.3 is 0 Å². The molecule has 1 aromatic carbocycles. The SMILES string of the molecule is NC(CCNC(=O)c1ccc(Br)cc1F)=NO. The van der Waals surface area contributed by atoms with Crippen molar-refractivity contribution in [2.45, 2.75) is 6.42 Å². The van der Waals surface area contributed by atoms with E-state index in [0.717, 1.165) is 0 Å². The number of nitrogens with one attached hydrogen (secondary N) is 1. The molecule has 0 spiro atoms. The third-order valence-electron chi connectivity index (χ3n) is 1.97. The Kier molecular flexibility index (Phi) is 4.89. The number of halogens is 2. The van der Waals surface area contributed by atoms with Crippen LogP contribution >= 0.6 is 15.9 Å². The van der Waals surface area contributed by atoms with E-state index < -0.39 is 11.7 Å². The minimum Gasteiger partial charge on any atom is -0.409 e. The largest absolute Gasteiger partial charge is 0.409 e. The molecular weight excluding hydrogens is 293 g/mol. The summed E-state index contributed by atoms with van der Waals surface area (Å²) in [6.45, 7) is 0.171. The van der Waals surface area contributed by atoms with Gasteiger partial charge in [-0.3, -0.25) is 4.79 Å². The van der Waals surface area contributed by atoms with Gasteiger partial charge in [-0.1, -0.05) is 21.1 Å². The highest BCUT2D eigenvalue weighted by Crippen LogP contribution is 2.14. The zero-order chi connectivity index (χ0) is 12.8. The summed E-state index contributed by atoms with van der Waals surface area (Å²) in [6, 6.07) is 4.15. The lowest BCUT2D eigenvalue weighted by atomic mass is 10.2. The van der Waals surface area contributed by atoms with Crippen molar-refractivity contribution in [3.8, 4) is 0 Å². The van der Waals surface area contributed by atoms with E-state index in [9.17, 15) is 9.18 Å². The Morgan fingerprint density at radius 1 is 1.59 bits per heavy atom. The van der Waals surface area contributed by atoms with Crippen LogP contribution in [0.1, 0.15) is 16.8 Å². The van der Waals surface area contributed by atoms with Crippen LogP contribution in [-0.2, 0) is 0 Å². The summed E-state index contributed by atoms with van der Waals surface area (Å²) in [4.78, 5) is 11.5. The molecule has 0 radical (unpaired) electrons. The van der Waals surface area contributed by atoms with E-state index in [-0.39, 0.29) is 24.4 Å². The fraction of sp³-hybridized carbons (Fsp3) is 0.200. The first kappa shape index (κ1) is 13.4. The number of nitrogens with zero attached hydrogens (tertiary/aromatic N) is 1. The summed E-state index contributed by atoms with van der Waals surface area (Å²) >= 11 is 3.09. The zero-order valence-electron chi connectivity index (χ0n) is 8.78. The van der Waals surface area contributed by atoms with E-state index >= 15 is 0 Å². The molecule has 0 aliphatic carbocycles. The molecule has 1 rings (SSSR count). The van der Waals surface area contributed by atoms with Gasteiger partial charge in [-0.05, 0) is 18.2 Å². The van der Waals surface area contributed by atoms with Gasteiger partial charge in [-0.25, -0.2) is 4.39 Å². The number of carbonyl (C=O) groups is 1. The maximum absolute atomic E-state index is 13.4. The molecule has 0 heterocycles. The van der Waals surface area contributed by atoms with E-state index in [1.807, 2.05) is 0 Å². The monoisotopic (exact) mass is 303 g/mol. The van der Waals surface area contributed by atoms with Crippen molar-refractivity contribution in [1.29, 1.82) is 0 Å². The summed E-state index contributed by atoms with van der Waals surface area (Å²) in [6.07, 6.45) is 0.195. The first-order valence-electron chi connectivity index (χ1n) is 4.74. The van der Waals surface area contributed by atoms with Crippen LogP contribution in [0, 0.1) is 5.82 Å². The van der Waals surface area contributed by atoms with Gasteiger partial charge in [0.25, 0.3) is 5.91 Å². The van der Waals surface area contributed by atoms with Crippen molar-refractivity contribution in [3.63, 3.8) is 0 Å². The highest BCUT2D eigenvalue weighted by Gasteiger charge is 2.11. The summed E-state index contributed by atoms with van der Waals surface area (Å²) < 4.78 is 13.9. The van der Waals surface area contributed by atoms with Crippen LogP contribution in [-0.4, -0.2) is 23.5 Å². The van der Waals surface area contributed by atoms with Crippen molar-refractivity contribution in [2.75, 3.05) is 6.54 Å². The van der Waals surface area contributed by atoms with Crippen LogP contribution in [0.15, 0.2) is 27.8 Å². The molecule has 0 fully saturated rings. The van der Waals surface area contributed by atoms with E-state index in [0.29, 0.717) is 4.47 Å². The Balaban J connectivity index is 2.58. The van der Waals surface area contributed by atoms with E-state index in [1.165, 1.54) is 12.1 Å². The van der Waals surface area contributed by atoms with Gasteiger partial charge in [0.05, 0.1) is 5.56 Å². The smallest absolute Gasteiger partial charge is 0.254 e. The molecule has 92 valence electrons. The number of carbonyl (C=O) groups excluding carboxylic acids is 1. The Morgan fingerprint density at radius 3 is 2.88 bits per heavy atom. The van der Waals surface area contributed by atoms with Crippen molar-refractivity contribution in [3.05, 3.63) is 34.1 Å². The van der Waals surface area contributed by atoms with Crippen molar-refractivity contribution >= 4 is 27.7 Å². The van der Waals surface area contributed by atoms with Crippen molar-refractivity contribution < 1.29 is 14.4 Å². The first-order valence-corrected chi connectivity index (χ1v) is 5.53. The number of rotatable bonds is 4. The molecule has 0 atom stereocenters. The molecule has 1 amide bonds. The van der Waals surface area contributed by atoms with Crippen molar-refractivity contribution in [1.82, 2.24) is 5.32 Å². The number of benzene rings is 1. The normalized spacial score (nSPS) is 11.3. The third-order valence-corrected chi connectivity index (χ3v) is 2.46. The molecular formula is C10H11BrFN3O2. The minimum atomic E-state index is -0.610. The average molecular weight is 304 g/mol. The lowest BCUT2D eigenvalue weighted by Crippen LogP contribution is -2.28. The quantitative estimate of drug-likeness (QED) is 0.340. The van der Waals surface area contributed by atoms with Gasteiger partial charge in [0.2, 0.25) is 0 Å². The van der Waals surface area contributed by atoms with Gasteiger partial charge in [-0.2, -0.15) is 0 Å². The van der Waals surface area contributed by atoms with Crippen LogP contribution in [0.3, 0.4) is 0 Å². The summed E-state index contributed by atoms with van der Waals surface area (Å²) in [5.74, 6) is -1.15. The van der Waals surface area contributed by atoms with E-state index in [4.69, 9.17) is 10.9 Å². The van der Waals surface area contributed by atoms with Crippen molar-refractivity contribution in [2.24, 2.45) is 10.9 Å². The maximum atomic E-state index is 13.4. The van der Waals surface area contributed by atoms with Gasteiger partial charge in [0.1, 0.15) is 11.7 Å². The summed E-state index contributed by atoms with van der Waals surface area (Å²) in [5, 5.41) is 13.5. The van der Waals surface area contributed by atoms with E-state index in [2.05, 4.69) is 26.4 Å². The lowest BCUT2D eigenvalue weighted by Gasteiger charge is -2.05. The molecule has 0 bridgehead atoms. The second-order valence-electron chi connectivity index (χ2n) is 3.22. The van der Waals surface area contributed by atoms with Gasteiger partial charge in [-0.15, -0.1) is 0 Å². The predicted molar refractivity (Wildman–Crippen MR) is 64.5 cm³/mol. The second-order valence-corrected chi connectivity index (χ2v) is 4.14. The Morgan fingerprint density at radius 2 is 2.29 bits per heavy atom. The molecule has 0 saturated carbocycles. The zero-order valence-corrected chi connectivity index (χ0v) is 10.4. The van der Waals surface area contributed by atoms with Crippen LogP contribution in [0.25, 0.3) is 0 Å². The van der Waals surface area contributed by atoms with Gasteiger partial charge in [0, 0.05) is 17.4 Å². The number of oxime groups is 1. The number of hydrogen-bond acceptors (Lipinski definition) is 3. The molecule has 0 aromatic heterocycles. The number of nitrogens with two attached hydrogens (primary N) is 1. The average Bonchev–Trinajstić information content (AvgIpc) is 2.28. The summed E-state index contributed by atoms with van der Waals surface area (Å²) in [5.41, 5.74) is 5.17. The number of hydrogen-bond donors (Lipinski definition) is 3. The fourth-order valence-electron chi connectivity index (χ4n) is 1.12. The molecule has 0 aliphatic rings. The van der Waals surface area contributed by atoms with E-state index in [1.54, 1.807) is 6.07 Å².